The summed E-state index contributed by atoms with van der Waals surface area (Å²) >= 11 is 0. The lowest BCUT2D eigenvalue weighted by molar-refractivity contribution is -0.396. The number of nitrogens with zero attached hydrogens (tertiary/aromatic N) is 2. The lowest BCUT2D eigenvalue weighted by atomic mass is 10.1. The van der Waals surface area contributed by atoms with Crippen LogP contribution < -0.4 is 0 Å². The molecule has 0 fully saturated rings. The van der Waals surface area contributed by atoms with Crippen LogP contribution in [0, 0.1) is 20.2 Å². The number of aromatic hydroxyl groups is 1. The van der Waals surface area contributed by atoms with E-state index in [2.05, 4.69) is 0 Å². The first kappa shape index (κ1) is 14.3. The lowest BCUT2D eigenvalue weighted by Gasteiger charge is -2.05. The highest BCUT2D eigenvalue weighted by Crippen LogP contribution is 2.38. The van der Waals surface area contributed by atoms with E-state index in [-0.39, 0.29) is 12.1 Å². The molecular weight excluding hydrogens is 277 g/mol. The third kappa shape index (κ3) is 2.75. The molecule has 0 atom stereocenters. The fourth-order valence-electron chi connectivity index (χ4n) is 1.18. The quantitative estimate of drug-likeness (QED) is 0.512. The zero-order chi connectivity index (χ0) is 15.0. The third-order valence-electron chi connectivity index (χ3n) is 1.98. The molecular formula is C8H3F3N2O6. The molecule has 0 heterocycles. The van der Waals surface area contributed by atoms with Crippen molar-refractivity contribution in [3.63, 3.8) is 0 Å². The third-order valence-corrected chi connectivity index (χ3v) is 1.98. The minimum Gasteiger partial charge on any atom is -0.497 e. The highest BCUT2D eigenvalue weighted by Gasteiger charge is 2.41. The number of nitro benzene ring substituents is 2. The van der Waals surface area contributed by atoms with E-state index in [0.29, 0.717) is 0 Å². The molecule has 0 unspecified atom stereocenters. The number of carbonyl (C=O) groups excluding carboxylic acids is 1. The van der Waals surface area contributed by atoms with Crippen LogP contribution in [-0.4, -0.2) is 26.9 Å². The predicted molar refractivity (Wildman–Crippen MR) is 51.8 cm³/mol. The molecule has 0 spiro atoms. The van der Waals surface area contributed by atoms with Crippen LogP contribution >= 0.6 is 0 Å². The van der Waals surface area contributed by atoms with Crippen LogP contribution in [0.15, 0.2) is 12.1 Å². The molecule has 11 heteroatoms. The van der Waals surface area contributed by atoms with Crippen molar-refractivity contribution in [2.45, 2.75) is 6.18 Å². The summed E-state index contributed by atoms with van der Waals surface area (Å²) in [5.41, 5.74) is -4.02. The van der Waals surface area contributed by atoms with Gasteiger partial charge >= 0.3 is 17.6 Å². The highest BCUT2D eigenvalue weighted by atomic mass is 19.4. The Bertz CT molecular complexity index is 547. The van der Waals surface area contributed by atoms with Crippen LogP contribution in [-0.2, 0) is 0 Å². The fraction of sp³-hybridized carbons (Fsp3) is 0.125. The zero-order valence-electron chi connectivity index (χ0n) is 8.67. The Morgan fingerprint density at radius 1 is 1.11 bits per heavy atom. The second-order valence-corrected chi connectivity index (χ2v) is 3.20. The van der Waals surface area contributed by atoms with E-state index >= 15 is 0 Å². The molecule has 0 aromatic heterocycles. The molecule has 1 aromatic rings. The average molecular weight is 280 g/mol. The molecule has 0 aliphatic rings. The predicted octanol–water partition coefficient (Wildman–Crippen LogP) is 1.95. The first-order valence-corrected chi connectivity index (χ1v) is 4.33. The summed E-state index contributed by atoms with van der Waals surface area (Å²) in [5, 5.41) is 30.1. The second-order valence-electron chi connectivity index (χ2n) is 3.20. The number of benzene rings is 1. The topological polar surface area (TPSA) is 124 Å². The van der Waals surface area contributed by atoms with Gasteiger partial charge in [0.15, 0.2) is 0 Å². The van der Waals surface area contributed by atoms with Crippen molar-refractivity contribution in [3.8, 4) is 5.75 Å². The molecule has 1 N–H and O–H groups in total. The van der Waals surface area contributed by atoms with E-state index in [1.165, 1.54) is 0 Å². The van der Waals surface area contributed by atoms with Gasteiger partial charge in [0.05, 0.1) is 9.85 Å². The van der Waals surface area contributed by atoms with Gasteiger partial charge in [-0.25, -0.2) is 0 Å². The Kier molecular flexibility index (Phi) is 3.41. The summed E-state index contributed by atoms with van der Waals surface area (Å²) in [5.74, 6) is -3.91. The van der Waals surface area contributed by atoms with Crippen LogP contribution in [0.3, 0.4) is 0 Å². The molecule has 0 aliphatic carbocycles. The Morgan fingerprint density at radius 3 is 1.74 bits per heavy atom. The normalized spacial score (nSPS) is 11.1. The number of alkyl halides is 3. The van der Waals surface area contributed by atoms with Crippen LogP contribution in [0.1, 0.15) is 10.4 Å². The average Bonchev–Trinajstić information content (AvgIpc) is 2.26. The summed E-state index contributed by atoms with van der Waals surface area (Å²) in [6.07, 6.45) is -5.35. The van der Waals surface area contributed by atoms with Gasteiger partial charge in [-0.1, -0.05) is 0 Å². The Morgan fingerprint density at radius 2 is 1.47 bits per heavy atom. The molecule has 0 radical (unpaired) electrons. The van der Waals surface area contributed by atoms with Crippen molar-refractivity contribution in [2.75, 3.05) is 0 Å². The summed E-state index contributed by atoms with van der Waals surface area (Å²) < 4.78 is 36.4. The molecule has 0 amide bonds. The van der Waals surface area contributed by atoms with Crippen LogP contribution in [0.4, 0.5) is 24.5 Å². The maximum absolute atomic E-state index is 12.1. The number of ketones is 1. The number of nitro groups is 2. The SMILES string of the molecule is O=C(c1cc([N+](=O)[O-])c(O)c([N+](=O)[O-])c1)C(F)(F)F. The van der Waals surface area contributed by atoms with Crippen LogP contribution in [0.5, 0.6) is 5.75 Å². The van der Waals surface area contributed by atoms with Crippen molar-refractivity contribution in [1.29, 1.82) is 0 Å². The van der Waals surface area contributed by atoms with Gasteiger partial charge < -0.3 is 5.11 Å². The Labute approximate surface area is 101 Å². The molecule has 0 bridgehead atoms. The van der Waals surface area contributed by atoms with Gasteiger partial charge in [0, 0.05) is 17.7 Å². The van der Waals surface area contributed by atoms with Crippen molar-refractivity contribution in [2.24, 2.45) is 0 Å². The summed E-state index contributed by atoms with van der Waals surface area (Å²) in [6, 6.07) is 0.246. The van der Waals surface area contributed by atoms with Crippen molar-refractivity contribution < 1.29 is 32.9 Å². The first-order chi connectivity index (χ1) is 8.55. The summed E-state index contributed by atoms with van der Waals surface area (Å²) in [7, 11) is 0. The molecule has 0 saturated carbocycles. The van der Waals surface area contributed by atoms with Crippen molar-refractivity contribution >= 4 is 17.2 Å². The van der Waals surface area contributed by atoms with Crippen LogP contribution in [0.2, 0.25) is 0 Å². The first-order valence-electron chi connectivity index (χ1n) is 4.33. The fourth-order valence-corrected chi connectivity index (χ4v) is 1.18. The van der Waals surface area contributed by atoms with E-state index < -0.39 is 44.5 Å². The van der Waals surface area contributed by atoms with E-state index in [4.69, 9.17) is 5.11 Å². The maximum Gasteiger partial charge on any atom is 0.454 e. The molecule has 19 heavy (non-hydrogen) atoms. The molecule has 1 aromatic carbocycles. The van der Waals surface area contributed by atoms with Gasteiger partial charge in [0.1, 0.15) is 0 Å². The van der Waals surface area contributed by atoms with Gasteiger partial charge in [-0.05, 0) is 0 Å². The highest BCUT2D eigenvalue weighted by molar-refractivity contribution is 6.01. The zero-order valence-corrected chi connectivity index (χ0v) is 8.67. The van der Waals surface area contributed by atoms with Gasteiger partial charge in [0.25, 0.3) is 11.5 Å². The van der Waals surface area contributed by atoms with E-state index in [1.54, 1.807) is 0 Å². The number of phenolic OH excluding ortho intramolecular Hbond substituents is 1. The number of hydrogen-bond acceptors (Lipinski definition) is 6. The van der Waals surface area contributed by atoms with Gasteiger partial charge in [-0.2, -0.15) is 13.2 Å². The van der Waals surface area contributed by atoms with E-state index in [9.17, 15) is 38.2 Å². The minimum atomic E-state index is -5.35. The Hall–Kier alpha value is -2.72. The number of phenols is 1. The van der Waals surface area contributed by atoms with Gasteiger partial charge in [-0.15, -0.1) is 0 Å². The minimum absolute atomic E-state index is 0.123. The summed E-state index contributed by atoms with van der Waals surface area (Å²) in [4.78, 5) is 29.1. The Balaban J connectivity index is 3.57. The second kappa shape index (κ2) is 4.51. The van der Waals surface area contributed by atoms with Gasteiger partial charge in [-0.3, -0.25) is 25.0 Å². The number of hydrogen-bond donors (Lipinski definition) is 1. The molecule has 1 rings (SSSR count). The van der Waals surface area contributed by atoms with E-state index in [1.807, 2.05) is 0 Å². The summed E-state index contributed by atoms with van der Waals surface area (Å²) in [6.45, 7) is 0. The number of rotatable bonds is 3. The molecule has 0 aliphatic heterocycles. The standard InChI is InChI=1S/C8H3F3N2O6/c9-8(10,11)7(15)3-1-4(12(16)17)6(14)5(2-3)13(18)19/h1-2,14H. The van der Waals surface area contributed by atoms with Crippen molar-refractivity contribution in [1.82, 2.24) is 0 Å². The van der Waals surface area contributed by atoms with Gasteiger partial charge in [0.2, 0.25) is 0 Å². The molecule has 0 saturated heterocycles. The smallest absolute Gasteiger partial charge is 0.454 e. The van der Waals surface area contributed by atoms with Crippen LogP contribution in [0.25, 0.3) is 0 Å². The van der Waals surface area contributed by atoms with E-state index in [0.717, 1.165) is 0 Å². The maximum atomic E-state index is 12.1. The number of halogens is 3. The largest absolute Gasteiger partial charge is 0.497 e. The number of Topliss-reactive ketones (excluding diaryl/α,β-unsaturated/α-hetero) is 1. The lowest BCUT2D eigenvalue weighted by Crippen LogP contribution is -2.22. The number of carbonyl (C=O) groups is 1. The molecule has 102 valence electrons. The van der Waals surface area contributed by atoms with Crippen molar-refractivity contribution in [3.05, 3.63) is 37.9 Å². The monoisotopic (exact) mass is 280 g/mol. The molecule has 8 nitrogen and oxygen atoms in total.